The van der Waals surface area contributed by atoms with Crippen LogP contribution in [0.5, 0.6) is 0 Å². The van der Waals surface area contributed by atoms with Crippen LogP contribution < -0.4 is 5.32 Å². The van der Waals surface area contributed by atoms with Crippen LogP contribution in [-0.4, -0.2) is 43.5 Å². The van der Waals surface area contributed by atoms with E-state index in [0.29, 0.717) is 5.03 Å². The molecule has 25 heavy (non-hydrogen) atoms. The second-order valence-electron chi connectivity index (χ2n) is 5.77. The molecule has 8 heteroatoms. The van der Waals surface area contributed by atoms with E-state index < -0.39 is 10.0 Å². The van der Waals surface area contributed by atoms with E-state index in [1.54, 1.807) is 6.07 Å². The molecule has 0 aliphatic rings. The van der Waals surface area contributed by atoms with Crippen LogP contribution >= 0.6 is 11.8 Å². The molecule has 1 amide bonds. The molecule has 0 atom stereocenters. The number of nitrogens with zero attached hydrogens (tertiary/aromatic N) is 2. The number of thioether (sulfide) groups is 1. The van der Waals surface area contributed by atoms with Crippen LogP contribution in [0.2, 0.25) is 0 Å². The van der Waals surface area contributed by atoms with Crippen molar-refractivity contribution in [3.8, 4) is 0 Å². The average Bonchev–Trinajstić information content (AvgIpc) is 2.56. The first-order valence-corrected chi connectivity index (χ1v) is 10.0. The highest BCUT2D eigenvalue weighted by Gasteiger charge is 2.17. The van der Waals surface area contributed by atoms with Crippen LogP contribution in [0.4, 0.5) is 5.69 Å². The van der Waals surface area contributed by atoms with E-state index in [1.165, 1.54) is 38.1 Å². The maximum absolute atomic E-state index is 12.1. The lowest BCUT2D eigenvalue weighted by Crippen LogP contribution is -2.22. The summed E-state index contributed by atoms with van der Waals surface area (Å²) in [5, 5.41) is 3.46. The highest BCUT2D eigenvalue weighted by atomic mass is 32.2. The molecule has 1 heterocycles. The van der Waals surface area contributed by atoms with Gasteiger partial charge < -0.3 is 5.32 Å². The Kier molecular flexibility index (Phi) is 6.21. The Morgan fingerprint density at radius 2 is 1.92 bits per heavy atom. The quantitative estimate of drug-likeness (QED) is 0.781. The van der Waals surface area contributed by atoms with Gasteiger partial charge in [0.1, 0.15) is 4.90 Å². The molecule has 2 aromatic rings. The molecule has 0 spiro atoms. The first-order valence-electron chi connectivity index (χ1n) is 7.58. The maximum Gasteiger partial charge on any atom is 0.244 e. The van der Waals surface area contributed by atoms with Gasteiger partial charge in [0.15, 0.2) is 0 Å². The lowest BCUT2D eigenvalue weighted by Gasteiger charge is -2.11. The second-order valence-corrected chi connectivity index (χ2v) is 8.92. The maximum atomic E-state index is 12.1. The molecule has 1 aromatic heterocycles. The van der Waals surface area contributed by atoms with E-state index in [9.17, 15) is 13.2 Å². The Morgan fingerprint density at radius 1 is 1.20 bits per heavy atom. The zero-order chi connectivity index (χ0) is 18.6. The fourth-order valence-electron chi connectivity index (χ4n) is 2.10. The van der Waals surface area contributed by atoms with E-state index in [4.69, 9.17) is 0 Å². The molecule has 0 aliphatic heterocycles. The van der Waals surface area contributed by atoms with E-state index >= 15 is 0 Å². The highest BCUT2D eigenvalue weighted by Crippen LogP contribution is 2.20. The number of nitrogens with one attached hydrogen (secondary N) is 1. The number of pyridine rings is 1. The summed E-state index contributed by atoms with van der Waals surface area (Å²) in [7, 11) is -0.556. The smallest absolute Gasteiger partial charge is 0.244 e. The Hall–Kier alpha value is -1.90. The molecule has 6 nitrogen and oxygen atoms in total. The van der Waals surface area contributed by atoms with Gasteiger partial charge in [-0.25, -0.2) is 17.7 Å². The molecule has 0 saturated heterocycles. The minimum absolute atomic E-state index is 0.126. The molecule has 0 aliphatic carbocycles. The molecule has 0 bridgehead atoms. The number of amides is 1. The lowest BCUT2D eigenvalue weighted by atomic mass is 10.1. The molecule has 0 fully saturated rings. The Balaban J connectivity index is 1.96. The third-order valence-corrected chi connectivity index (χ3v) is 6.24. The van der Waals surface area contributed by atoms with Gasteiger partial charge in [-0.05, 0) is 37.6 Å². The van der Waals surface area contributed by atoms with E-state index in [0.717, 1.165) is 21.1 Å². The third-order valence-electron chi connectivity index (χ3n) is 3.49. The van der Waals surface area contributed by atoms with Crippen molar-refractivity contribution >= 4 is 33.4 Å². The predicted octanol–water partition coefficient (Wildman–Crippen LogP) is 2.68. The van der Waals surface area contributed by atoms with Crippen molar-refractivity contribution in [1.29, 1.82) is 0 Å². The summed E-state index contributed by atoms with van der Waals surface area (Å²) in [6, 6.07) is 8.93. The molecule has 2 rings (SSSR count). The Bertz CT molecular complexity index is 863. The van der Waals surface area contributed by atoms with Crippen LogP contribution in [0.25, 0.3) is 0 Å². The van der Waals surface area contributed by atoms with Gasteiger partial charge in [0.25, 0.3) is 0 Å². The third kappa shape index (κ3) is 5.04. The van der Waals surface area contributed by atoms with Crippen molar-refractivity contribution in [2.45, 2.75) is 23.8 Å². The lowest BCUT2D eigenvalue weighted by molar-refractivity contribution is -0.113. The SMILES string of the molecule is Cc1ccc(NC(=O)CSc2ccc(S(=O)(=O)N(C)C)cn2)c(C)c1. The number of carbonyl (C=O) groups excluding carboxylic acids is 1. The number of rotatable bonds is 6. The monoisotopic (exact) mass is 379 g/mol. The molecular formula is C17H21N3O3S2. The molecule has 0 unspecified atom stereocenters. The molecule has 0 saturated carbocycles. The summed E-state index contributed by atoms with van der Waals surface area (Å²) in [5.41, 5.74) is 2.94. The zero-order valence-electron chi connectivity index (χ0n) is 14.6. The molecule has 1 N–H and O–H groups in total. The van der Waals surface area contributed by atoms with Crippen molar-refractivity contribution in [3.05, 3.63) is 47.7 Å². The van der Waals surface area contributed by atoms with Gasteiger partial charge in [-0.1, -0.05) is 29.5 Å². The molecule has 134 valence electrons. The van der Waals surface area contributed by atoms with Crippen LogP contribution in [0.15, 0.2) is 46.5 Å². The number of sulfonamides is 1. The van der Waals surface area contributed by atoms with E-state index in [-0.39, 0.29) is 16.6 Å². The summed E-state index contributed by atoms with van der Waals surface area (Å²) >= 11 is 1.25. The zero-order valence-corrected chi connectivity index (χ0v) is 16.2. The summed E-state index contributed by atoms with van der Waals surface area (Å²) in [4.78, 5) is 16.3. The van der Waals surface area contributed by atoms with Gasteiger partial charge in [0, 0.05) is 26.0 Å². The first-order chi connectivity index (χ1) is 11.7. The number of aromatic nitrogens is 1. The highest BCUT2D eigenvalue weighted by molar-refractivity contribution is 7.99. The number of carbonyl (C=O) groups is 1. The van der Waals surface area contributed by atoms with Gasteiger partial charge in [-0.3, -0.25) is 4.79 Å². The minimum Gasteiger partial charge on any atom is -0.325 e. The Morgan fingerprint density at radius 3 is 2.48 bits per heavy atom. The average molecular weight is 380 g/mol. The van der Waals surface area contributed by atoms with Crippen LogP contribution in [0.1, 0.15) is 11.1 Å². The topological polar surface area (TPSA) is 79.4 Å². The summed E-state index contributed by atoms with van der Waals surface area (Å²) in [6.07, 6.45) is 1.31. The summed E-state index contributed by atoms with van der Waals surface area (Å²) in [6.45, 7) is 3.95. The summed E-state index contributed by atoms with van der Waals surface area (Å²) < 4.78 is 25.1. The minimum atomic E-state index is -3.49. The molecule has 0 radical (unpaired) electrons. The van der Waals surface area contributed by atoms with Gasteiger partial charge in [-0.2, -0.15) is 0 Å². The summed E-state index contributed by atoms with van der Waals surface area (Å²) in [5.74, 6) is 0.0591. The largest absolute Gasteiger partial charge is 0.325 e. The Labute approximate surface area is 152 Å². The normalized spacial score (nSPS) is 11.6. The van der Waals surface area contributed by atoms with Gasteiger partial charge in [-0.15, -0.1) is 0 Å². The van der Waals surface area contributed by atoms with Crippen molar-refractivity contribution < 1.29 is 13.2 Å². The van der Waals surface area contributed by atoms with Gasteiger partial charge in [0.05, 0.1) is 10.8 Å². The fourth-order valence-corrected chi connectivity index (χ4v) is 3.59. The molecular weight excluding hydrogens is 358 g/mol. The second kappa shape index (κ2) is 7.99. The van der Waals surface area contributed by atoms with Gasteiger partial charge >= 0.3 is 0 Å². The number of hydrogen-bond donors (Lipinski definition) is 1. The fraction of sp³-hybridized carbons (Fsp3) is 0.294. The number of anilines is 1. The van der Waals surface area contributed by atoms with Crippen LogP contribution in [0, 0.1) is 13.8 Å². The van der Waals surface area contributed by atoms with Crippen molar-refractivity contribution in [2.24, 2.45) is 0 Å². The number of hydrogen-bond acceptors (Lipinski definition) is 5. The number of aryl methyl sites for hydroxylation is 2. The predicted molar refractivity (Wildman–Crippen MR) is 100 cm³/mol. The van der Waals surface area contributed by atoms with Gasteiger partial charge in [0.2, 0.25) is 15.9 Å². The number of benzene rings is 1. The van der Waals surface area contributed by atoms with E-state index in [1.807, 2.05) is 32.0 Å². The first kappa shape index (κ1) is 19.4. The van der Waals surface area contributed by atoms with Crippen LogP contribution in [-0.2, 0) is 14.8 Å². The molecule has 1 aromatic carbocycles. The van der Waals surface area contributed by atoms with Crippen molar-refractivity contribution in [2.75, 3.05) is 25.2 Å². The van der Waals surface area contributed by atoms with E-state index in [2.05, 4.69) is 10.3 Å². The van der Waals surface area contributed by atoms with Crippen molar-refractivity contribution in [3.63, 3.8) is 0 Å². The van der Waals surface area contributed by atoms with Crippen LogP contribution in [0.3, 0.4) is 0 Å². The standard InChI is InChI=1S/C17H21N3O3S2/c1-12-5-7-15(13(2)9-12)19-16(21)11-24-17-8-6-14(10-18-17)25(22,23)20(3)4/h5-10H,11H2,1-4H3,(H,19,21). The van der Waals surface area contributed by atoms with Crippen molar-refractivity contribution in [1.82, 2.24) is 9.29 Å².